The standard InChI is InChI=1S/C24H21ClFN5O3.ClH/c1-33-20-11-18-19(12-21(20)34-9-3-8-25)28-14-29-23(18)30-17-6-7-22(27-13-17)31-24(32)15-4-2-5-16(26)10-15;/h2,4-7,10-14H,3,8-9H2,1H3,(H,27,31,32)(H,28,29,30);1H. The van der Waals surface area contributed by atoms with Crippen LogP contribution in [0.1, 0.15) is 16.8 Å². The molecule has 0 atom stereocenters. The predicted octanol–water partition coefficient (Wildman–Crippen LogP) is 5.60. The lowest BCUT2D eigenvalue weighted by molar-refractivity contribution is 0.102. The molecule has 11 heteroatoms. The molecule has 2 N–H and O–H groups in total. The molecule has 0 aliphatic heterocycles. The van der Waals surface area contributed by atoms with Crippen molar-refractivity contribution in [2.24, 2.45) is 0 Å². The van der Waals surface area contributed by atoms with Crippen LogP contribution in [0, 0.1) is 5.82 Å². The van der Waals surface area contributed by atoms with Crippen LogP contribution in [0.15, 0.2) is 61.1 Å². The van der Waals surface area contributed by atoms with E-state index < -0.39 is 11.7 Å². The minimum absolute atomic E-state index is 0. The third-order valence-electron chi connectivity index (χ3n) is 4.81. The molecule has 2 aromatic carbocycles. The van der Waals surface area contributed by atoms with Gasteiger partial charge in [-0.15, -0.1) is 24.0 Å². The van der Waals surface area contributed by atoms with Gasteiger partial charge in [-0.25, -0.2) is 19.3 Å². The van der Waals surface area contributed by atoms with Crippen molar-refractivity contribution in [3.05, 3.63) is 72.4 Å². The molecule has 35 heavy (non-hydrogen) atoms. The van der Waals surface area contributed by atoms with Gasteiger partial charge in [-0.1, -0.05) is 6.07 Å². The van der Waals surface area contributed by atoms with E-state index in [1.54, 1.807) is 37.6 Å². The lowest BCUT2D eigenvalue weighted by Crippen LogP contribution is -2.13. The lowest BCUT2D eigenvalue weighted by atomic mass is 10.2. The maximum atomic E-state index is 13.3. The van der Waals surface area contributed by atoms with Gasteiger partial charge in [0.25, 0.3) is 5.91 Å². The number of hydrogen-bond acceptors (Lipinski definition) is 7. The number of anilines is 3. The van der Waals surface area contributed by atoms with E-state index in [2.05, 4.69) is 25.6 Å². The molecule has 0 fully saturated rings. The predicted molar refractivity (Wildman–Crippen MR) is 136 cm³/mol. The van der Waals surface area contributed by atoms with Crippen molar-refractivity contribution >= 4 is 58.1 Å². The Morgan fingerprint density at radius 3 is 2.66 bits per heavy atom. The second kappa shape index (κ2) is 12.1. The number of halogens is 3. The number of amides is 1. The summed E-state index contributed by atoms with van der Waals surface area (Å²) in [6.07, 6.45) is 3.71. The summed E-state index contributed by atoms with van der Waals surface area (Å²) in [6.45, 7) is 0.468. The fraction of sp³-hybridized carbons (Fsp3) is 0.167. The Balaban J connectivity index is 0.00000342. The Morgan fingerprint density at radius 2 is 1.94 bits per heavy atom. The van der Waals surface area contributed by atoms with Crippen LogP contribution in [-0.4, -0.2) is 40.5 Å². The van der Waals surface area contributed by atoms with Crippen molar-refractivity contribution in [2.45, 2.75) is 6.42 Å². The van der Waals surface area contributed by atoms with E-state index in [1.165, 1.54) is 24.5 Å². The van der Waals surface area contributed by atoms with Crippen molar-refractivity contribution < 1.29 is 18.7 Å². The van der Waals surface area contributed by atoms with Crippen LogP contribution in [0.25, 0.3) is 10.9 Å². The number of methoxy groups -OCH3 is 1. The fourth-order valence-corrected chi connectivity index (χ4v) is 3.28. The molecule has 4 rings (SSSR count). The summed E-state index contributed by atoms with van der Waals surface area (Å²) in [5.74, 6) is 1.57. The molecule has 1 amide bonds. The Kier molecular flexibility index (Phi) is 8.99. The van der Waals surface area contributed by atoms with E-state index in [-0.39, 0.29) is 18.0 Å². The average Bonchev–Trinajstić information content (AvgIpc) is 2.85. The first-order valence-corrected chi connectivity index (χ1v) is 10.9. The summed E-state index contributed by atoms with van der Waals surface area (Å²) in [5, 5.41) is 6.57. The number of rotatable bonds is 9. The zero-order valence-electron chi connectivity index (χ0n) is 18.6. The molecule has 0 unspecified atom stereocenters. The van der Waals surface area contributed by atoms with E-state index in [0.717, 1.165) is 11.5 Å². The maximum Gasteiger partial charge on any atom is 0.256 e. The van der Waals surface area contributed by atoms with Gasteiger partial charge >= 0.3 is 0 Å². The molecule has 4 aromatic rings. The van der Waals surface area contributed by atoms with Crippen LogP contribution in [0.3, 0.4) is 0 Å². The first-order valence-electron chi connectivity index (χ1n) is 10.4. The molecule has 0 spiro atoms. The molecule has 0 aliphatic carbocycles. The van der Waals surface area contributed by atoms with Crippen molar-refractivity contribution in [2.75, 3.05) is 30.2 Å². The summed E-state index contributed by atoms with van der Waals surface area (Å²) in [4.78, 5) is 25.2. The molecule has 0 aliphatic rings. The van der Waals surface area contributed by atoms with E-state index in [1.807, 2.05) is 0 Å². The Bertz CT molecular complexity index is 1310. The molecule has 0 radical (unpaired) electrons. The van der Waals surface area contributed by atoms with Gasteiger partial charge in [-0.05, 0) is 42.8 Å². The first kappa shape index (κ1) is 25.9. The molecule has 0 bridgehead atoms. The van der Waals surface area contributed by atoms with Gasteiger partial charge in [0.1, 0.15) is 23.8 Å². The van der Waals surface area contributed by atoms with Crippen LogP contribution in [0.2, 0.25) is 0 Å². The smallest absolute Gasteiger partial charge is 0.256 e. The number of hydrogen-bond donors (Lipinski definition) is 2. The van der Waals surface area contributed by atoms with Crippen molar-refractivity contribution in [3.63, 3.8) is 0 Å². The first-order chi connectivity index (χ1) is 16.6. The van der Waals surface area contributed by atoms with Gasteiger partial charge in [0, 0.05) is 22.9 Å². The third kappa shape index (κ3) is 6.46. The molecule has 8 nitrogen and oxygen atoms in total. The number of fused-ring (bicyclic) bond motifs is 1. The van der Waals surface area contributed by atoms with Gasteiger partial charge < -0.3 is 20.1 Å². The van der Waals surface area contributed by atoms with Gasteiger partial charge in [0.05, 0.1) is 31.1 Å². The number of alkyl halides is 1. The van der Waals surface area contributed by atoms with E-state index in [9.17, 15) is 9.18 Å². The van der Waals surface area contributed by atoms with E-state index >= 15 is 0 Å². The van der Waals surface area contributed by atoms with Crippen molar-refractivity contribution in [1.29, 1.82) is 0 Å². The van der Waals surface area contributed by atoms with Crippen LogP contribution >= 0.6 is 24.0 Å². The summed E-state index contributed by atoms with van der Waals surface area (Å²) in [6, 6.07) is 12.4. The molecule has 2 heterocycles. The van der Waals surface area contributed by atoms with Gasteiger partial charge in [-0.3, -0.25) is 4.79 Å². The zero-order chi connectivity index (χ0) is 23.9. The number of pyridine rings is 1. The molecule has 2 aromatic heterocycles. The molecular weight excluding hydrogens is 496 g/mol. The number of ether oxygens (including phenoxy) is 2. The van der Waals surface area contributed by atoms with Crippen LogP contribution in [0.5, 0.6) is 11.5 Å². The minimum Gasteiger partial charge on any atom is -0.493 e. The second-order valence-corrected chi connectivity index (χ2v) is 7.53. The highest BCUT2D eigenvalue weighted by Gasteiger charge is 2.13. The Hall–Kier alpha value is -3.69. The number of aromatic nitrogens is 3. The third-order valence-corrected chi connectivity index (χ3v) is 5.08. The molecule has 182 valence electrons. The van der Waals surface area contributed by atoms with Gasteiger partial charge in [0.15, 0.2) is 11.5 Å². The highest BCUT2D eigenvalue weighted by molar-refractivity contribution is 6.17. The van der Waals surface area contributed by atoms with Crippen molar-refractivity contribution in [3.8, 4) is 11.5 Å². The van der Waals surface area contributed by atoms with Gasteiger partial charge in [-0.2, -0.15) is 0 Å². The minimum atomic E-state index is -0.484. The molecule has 0 saturated heterocycles. The number of carbonyl (C=O) groups excluding carboxylic acids is 1. The van der Waals surface area contributed by atoms with Crippen LogP contribution in [0.4, 0.5) is 21.7 Å². The molecule has 0 saturated carbocycles. The number of benzene rings is 2. The number of nitrogens with zero attached hydrogens (tertiary/aromatic N) is 3. The zero-order valence-corrected chi connectivity index (χ0v) is 20.2. The summed E-state index contributed by atoms with van der Waals surface area (Å²) < 4.78 is 24.6. The number of nitrogens with one attached hydrogen (secondary N) is 2. The van der Waals surface area contributed by atoms with Gasteiger partial charge in [0.2, 0.25) is 0 Å². The largest absolute Gasteiger partial charge is 0.493 e. The summed E-state index contributed by atoms with van der Waals surface area (Å²) in [5.41, 5.74) is 1.52. The second-order valence-electron chi connectivity index (χ2n) is 7.16. The maximum absolute atomic E-state index is 13.3. The monoisotopic (exact) mass is 517 g/mol. The Labute approximate surface area is 212 Å². The van der Waals surface area contributed by atoms with E-state index in [0.29, 0.717) is 53.2 Å². The summed E-state index contributed by atoms with van der Waals surface area (Å²) in [7, 11) is 1.56. The normalized spacial score (nSPS) is 10.4. The Morgan fingerprint density at radius 1 is 1.09 bits per heavy atom. The van der Waals surface area contributed by atoms with Crippen LogP contribution in [-0.2, 0) is 0 Å². The highest BCUT2D eigenvalue weighted by atomic mass is 35.5. The topological polar surface area (TPSA) is 98.3 Å². The lowest BCUT2D eigenvalue weighted by Gasteiger charge is -2.13. The highest BCUT2D eigenvalue weighted by Crippen LogP contribution is 2.34. The average molecular weight is 518 g/mol. The van der Waals surface area contributed by atoms with E-state index in [4.69, 9.17) is 21.1 Å². The van der Waals surface area contributed by atoms with Crippen LogP contribution < -0.4 is 20.1 Å². The molecular formula is C24H22Cl2FN5O3. The fourth-order valence-electron chi connectivity index (χ4n) is 3.17. The quantitative estimate of drug-likeness (QED) is 0.220. The SMILES string of the molecule is COc1cc2c(Nc3ccc(NC(=O)c4cccc(F)c4)nc3)ncnc2cc1OCCCCl.Cl. The number of carbonyl (C=O) groups is 1. The van der Waals surface area contributed by atoms with Crippen molar-refractivity contribution in [1.82, 2.24) is 15.0 Å². The summed E-state index contributed by atoms with van der Waals surface area (Å²) >= 11 is 5.72.